The Balaban J connectivity index is 0.00000180. The van der Waals surface area contributed by atoms with Gasteiger partial charge in [0.15, 0.2) is 0 Å². The molecule has 3 heteroatoms. The molecule has 0 amide bonds. The van der Waals surface area contributed by atoms with Crippen molar-refractivity contribution < 1.29 is 20.1 Å². The Kier molecular flexibility index (Phi) is 5.25. The van der Waals surface area contributed by atoms with E-state index in [2.05, 4.69) is 68.9 Å². The first kappa shape index (κ1) is 16.3. The van der Waals surface area contributed by atoms with Crippen molar-refractivity contribution in [2.24, 2.45) is 0 Å². The van der Waals surface area contributed by atoms with Crippen LogP contribution in [0.5, 0.6) is 0 Å². The zero-order chi connectivity index (χ0) is 13.3. The van der Waals surface area contributed by atoms with E-state index < -0.39 is 8.07 Å². The second-order valence-electron chi connectivity index (χ2n) is 5.91. The number of rotatable bonds is 2. The number of hydrogen-bond acceptors (Lipinski definition) is 1. The average molecular weight is 447 g/mol. The number of benzene rings is 1. The van der Waals surface area contributed by atoms with Crippen LogP contribution in [0.3, 0.4) is 0 Å². The van der Waals surface area contributed by atoms with Crippen molar-refractivity contribution in [3.8, 4) is 11.3 Å². The third kappa shape index (κ3) is 3.85. The number of aryl methyl sites for hydroxylation is 2. The fourth-order valence-corrected chi connectivity index (χ4v) is 3.86. The summed E-state index contributed by atoms with van der Waals surface area (Å²) in [6.45, 7) is 11.3. The van der Waals surface area contributed by atoms with Gasteiger partial charge in [0.1, 0.15) is 0 Å². The van der Waals surface area contributed by atoms with Crippen LogP contribution in [0, 0.1) is 19.9 Å². The van der Waals surface area contributed by atoms with Gasteiger partial charge in [-0.15, -0.1) is 35.4 Å². The zero-order valence-corrected chi connectivity index (χ0v) is 15.6. The van der Waals surface area contributed by atoms with Crippen LogP contribution in [0.2, 0.25) is 19.6 Å². The van der Waals surface area contributed by atoms with Gasteiger partial charge in [-0.3, -0.25) is 0 Å². The second-order valence-corrected chi connectivity index (χ2v) is 11.0. The molecule has 0 spiro atoms. The van der Waals surface area contributed by atoms with Crippen molar-refractivity contribution in [3.63, 3.8) is 0 Å². The van der Waals surface area contributed by atoms with Crippen LogP contribution in [0.25, 0.3) is 11.3 Å². The molecule has 1 heterocycles. The van der Waals surface area contributed by atoms with Crippen molar-refractivity contribution in [2.75, 3.05) is 0 Å². The van der Waals surface area contributed by atoms with Gasteiger partial charge in [-0.05, 0) is 17.8 Å². The molecule has 0 saturated heterocycles. The number of aromatic nitrogens is 1. The Morgan fingerprint density at radius 3 is 2.26 bits per heavy atom. The fraction of sp³-hybridized carbons (Fsp3) is 0.312. The molecule has 2 rings (SSSR count). The molecular weight excluding hydrogens is 426 g/mol. The minimum atomic E-state index is -1.28. The van der Waals surface area contributed by atoms with Gasteiger partial charge in [-0.1, -0.05) is 38.2 Å². The molecule has 0 atom stereocenters. The van der Waals surface area contributed by atoms with Gasteiger partial charge in [-0.25, -0.2) is 0 Å². The Morgan fingerprint density at radius 2 is 1.79 bits per heavy atom. The minimum Gasteiger partial charge on any atom is -0.305 e. The molecule has 0 aliphatic rings. The summed E-state index contributed by atoms with van der Waals surface area (Å²) in [5, 5.41) is 1.44. The van der Waals surface area contributed by atoms with E-state index in [0.717, 1.165) is 11.3 Å². The Morgan fingerprint density at radius 1 is 1.11 bits per heavy atom. The van der Waals surface area contributed by atoms with E-state index in [-0.39, 0.29) is 20.1 Å². The van der Waals surface area contributed by atoms with Crippen LogP contribution in [0.15, 0.2) is 30.5 Å². The van der Waals surface area contributed by atoms with Crippen LogP contribution in [-0.2, 0) is 20.1 Å². The van der Waals surface area contributed by atoms with Crippen molar-refractivity contribution in [1.29, 1.82) is 0 Å². The van der Waals surface area contributed by atoms with E-state index in [1.807, 2.05) is 6.07 Å². The molecule has 0 fully saturated rings. The fourth-order valence-electron chi connectivity index (χ4n) is 2.15. The monoisotopic (exact) mass is 447 g/mol. The SMILES string of the molecule is Cc1c[c-]c(-c2cc(C)c([Si](C)(C)C)cn2)cc1.[Ir]. The van der Waals surface area contributed by atoms with Crippen LogP contribution >= 0.6 is 0 Å². The van der Waals surface area contributed by atoms with E-state index in [0.29, 0.717) is 0 Å². The van der Waals surface area contributed by atoms with E-state index in [1.165, 1.54) is 16.3 Å². The van der Waals surface area contributed by atoms with E-state index in [1.54, 1.807) is 0 Å². The van der Waals surface area contributed by atoms with Gasteiger partial charge < -0.3 is 4.98 Å². The Labute approximate surface area is 130 Å². The summed E-state index contributed by atoms with van der Waals surface area (Å²) in [7, 11) is -1.28. The molecule has 103 valence electrons. The smallest absolute Gasteiger partial charge is 0.0798 e. The molecule has 1 nitrogen and oxygen atoms in total. The summed E-state index contributed by atoms with van der Waals surface area (Å²) in [5.41, 5.74) is 4.68. The molecule has 2 aromatic rings. The predicted octanol–water partition coefficient (Wildman–Crippen LogP) is 3.71. The van der Waals surface area contributed by atoms with Crippen molar-refractivity contribution in [2.45, 2.75) is 33.5 Å². The van der Waals surface area contributed by atoms with E-state index in [9.17, 15) is 0 Å². The summed E-state index contributed by atoms with van der Waals surface area (Å²) in [6.07, 6.45) is 2.06. The molecule has 0 aliphatic carbocycles. The Bertz CT molecular complexity index is 556. The standard InChI is InChI=1S/C16H20NSi.Ir/c1-12-6-8-14(9-7-12)15-10-13(2)16(11-17-15)18(3,4)5;/h6-8,10-11H,1-5H3;/q-1;. The average Bonchev–Trinajstić information content (AvgIpc) is 2.28. The maximum atomic E-state index is 4.61. The quantitative estimate of drug-likeness (QED) is 0.506. The van der Waals surface area contributed by atoms with E-state index >= 15 is 0 Å². The maximum Gasteiger partial charge on any atom is 0.0798 e. The van der Waals surface area contributed by atoms with Crippen molar-refractivity contribution in [1.82, 2.24) is 4.98 Å². The number of pyridine rings is 1. The van der Waals surface area contributed by atoms with Gasteiger partial charge in [-0.2, -0.15) is 0 Å². The summed E-state index contributed by atoms with van der Waals surface area (Å²) in [6, 6.07) is 11.7. The topological polar surface area (TPSA) is 12.9 Å². The molecule has 19 heavy (non-hydrogen) atoms. The third-order valence-corrected chi connectivity index (χ3v) is 5.30. The molecular formula is C16H20IrNSi-. The minimum absolute atomic E-state index is 0. The molecule has 0 N–H and O–H groups in total. The van der Waals surface area contributed by atoms with Gasteiger partial charge in [0.2, 0.25) is 0 Å². The molecule has 1 radical (unpaired) electrons. The summed E-state index contributed by atoms with van der Waals surface area (Å²) in [4.78, 5) is 4.61. The first-order valence-corrected chi connectivity index (χ1v) is 9.84. The number of nitrogens with zero attached hydrogens (tertiary/aromatic N) is 1. The molecule has 0 aliphatic heterocycles. The normalized spacial score (nSPS) is 11.0. The second kappa shape index (κ2) is 6.13. The molecule has 1 aromatic carbocycles. The van der Waals surface area contributed by atoms with Gasteiger partial charge in [0, 0.05) is 26.3 Å². The molecule has 0 saturated carbocycles. The summed E-state index contributed by atoms with van der Waals surface area (Å²) >= 11 is 0. The third-order valence-electron chi connectivity index (χ3n) is 3.16. The predicted molar refractivity (Wildman–Crippen MR) is 81.0 cm³/mol. The number of hydrogen-bond donors (Lipinski definition) is 0. The van der Waals surface area contributed by atoms with Crippen LogP contribution in [0.4, 0.5) is 0 Å². The molecule has 1 aromatic heterocycles. The molecule has 0 unspecified atom stereocenters. The largest absolute Gasteiger partial charge is 0.305 e. The van der Waals surface area contributed by atoms with Gasteiger partial charge >= 0.3 is 0 Å². The summed E-state index contributed by atoms with van der Waals surface area (Å²) in [5.74, 6) is 0. The van der Waals surface area contributed by atoms with Gasteiger partial charge in [0.05, 0.1) is 8.07 Å². The van der Waals surface area contributed by atoms with Crippen molar-refractivity contribution >= 4 is 13.3 Å². The first-order valence-electron chi connectivity index (χ1n) is 6.34. The van der Waals surface area contributed by atoms with E-state index in [4.69, 9.17) is 0 Å². The Hall–Kier alpha value is -0.764. The maximum absolute atomic E-state index is 4.61. The first-order chi connectivity index (χ1) is 8.38. The van der Waals surface area contributed by atoms with Gasteiger partial charge in [0.25, 0.3) is 0 Å². The van der Waals surface area contributed by atoms with Crippen LogP contribution in [-0.4, -0.2) is 13.1 Å². The van der Waals surface area contributed by atoms with Crippen molar-refractivity contribution in [3.05, 3.63) is 47.7 Å². The van der Waals surface area contributed by atoms with Crippen LogP contribution in [0.1, 0.15) is 11.1 Å². The zero-order valence-electron chi connectivity index (χ0n) is 12.2. The summed E-state index contributed by atoms with van der Waals surface area (Å²) < 4.78 is 0. The molecule has 0 bridgehead atoms. The van der Waals surface area contributed by atoms with Crippen LogP contribution < -0.4 is 5.19 Å².